The minimum Gasteiger partial charge on any atom is -0.369 e. The van der Waals surface area contributed by atoms with Crippen LogP contribution >= 0.6 is 11.3 Å². The van der Waals surface area contributed by atoms with E-state index in [4.69, 9.17) is 15.7 Å². The van der Waals surface area contributed by atoms with E-state index >= 15 is 0 Å². The lowest BCUT2D eigenvalue weighted by Gasteiger charge is -2.15. The maximum Gasteiger partial charge on any atom is 0.416 e. The number of halogens is 3. The molecule has 3 heterocycles. The first-order chi connectivity index (χ1) is 19.3. The number of amides is 2. The second kappa shape index (κ2) is 12.0. The minimum absolute atomic E-state index is 0.176. The number of thiophene rings is 1. The van der Waals surface area contributed by atoms with Crippen LogP contribution in [0.2, 0.25) is 0 Å². The molecule has 1 fully saturated rings. The number of hydrazone groups is 1. The van der Waals surface area contributed by atoms with E-state index < -0.39 is 17.8 Å². The third kappa shape index (κ3) is 6.57. The normalized spacial score (nSPS) is 14.3. The number of nitrogens with one attached hydrogen (secondary N) is 1. The first-order valence-electron chi connectivity index (χ1n) is 12.9. The Hall–Kier alpha value is -4.03. The summed E-state index contributed by atoms with van der Waals surface area (Å²) in [5.41, 5.74) is 6.78. The summed E-state index contributed by atoms with van der Waals surface area (Å²) in [6.45, 7) is 4.21. The number of fused-ring (bicyclic) bond motifs is 1. The Balaban J connectivity index is 1.32. The summed E-state index contributed by atoms with van der Waals surface area (Å²) in [6.07, 6.45) is 0.238. The molecular weight excluding hydrogens is 539 g/mol. The smallest absolute Gasteiger partial charge is 0.369 e. The van der Waals surface area contributed by atoms with Crippen molar-refractivity contribution in [3.05, 3.63) is 71.1 Å². The number of hydrogen-bond acceptors (Lipinski definition) is 7. The van der Waals surface area contributed by atoms with Crippen LogP contribution < -0.4 is 16.1 Å². The fraction of sp³-hybridized carbons (Fsp3) is 0.286. The lowest BCUT2D eigenvalue weighted by molar-refractivity contribution is -0.137. The maximum absolute atomic E-state index is 13.0. The van der Waals surface area contributed by atoms with E-state index in [9.17, 15) is 18.0 Å². The molecule has 3 N–H and O–H groups in total. The number of anilines is 2. The van der Waals surface area contributed by atoms with Gasteiger partial charge in [0.25, 0.3) is 0 Å². The summed E-state index contributed by atoms with van der Waals surface area (Å²) >= 11 is 1.58. The van der Waals surface area contributed by atoms with Crippen LogP contribution in [0.25, 0.3) is 21.6 Å². The number of primary amides is 1. The van der Waals surface area contributed by atoms with E-state index in [0.717, 1.165) is 64.5 Å². The highest BCUT2D eigenvalue weighted by Gasteiger charge is 2.30. The van der Waals surface area contributed by atoms with Crippen molar-refractivity contribution < 1.29 is 18.0 Å². The van der Waals surface area contributed by atoms with Gasteiger partial charge in [-0.25, -0.2) is 14.8 Å². The van der Waals surface area contributed by atoms with Gasteiger partial charge in [0, 0.05) is 12.1 Å². The van der Waals surface area contributed by atoms with Gasteiger partial charge in [-0.15, -0.1) is 11.3 Å². The average Bonchev–Trinajstić information content (AvgIpc) is 3.63. The van der Waals surface area contributed by atoms with Gasteiger partial charge in [0.2, 0.25) is 0 Å². The van der Waals surface area contributed by atoms with Crippen LogP contribution in [0, 0.1) is 0 Å². The molecule has 1 aliphatic heterocycles. The molecule has 1 aliphatic rings. The van der Waals surface area contributed by atoms with Crippen LogP contribution in [0.1, 0.15) is 30.4 Å². The molecule has 2 aromatic carbocycles. The largest absolute Gasteiger partial charge is 0.416 e. The number of urea groups is 1. The standard InChI is InChI=1S/C28H28F3N7OS/c29-28(30,31)21-6-3-5-19(17-21)18-34-38(27(32)39)22-9-7-20(8-10-22)25-35-23-11-16-40-24(23)26(36-25)33-12-4-15-37-13-1-2-14-37/h3,5-11,16-18H,1-2,4,12-15H2,(H2,32,39)(H,33,35,36)/b34-18+. The van der Waals surface area contributed by atoms with Crippen molar-refractivity contribution in [1.29, 1.82) is 0 Å². The molecule has 2 amide bonds. The zero-order valence-electron chi connectivity index (χ0n) is 21.6. The van der Waals surface area contributed by atoms with Crippen molar-refractivity contribution in [1.82, 2.24) is 14.9 Å². The summed E-state index contributed by atoms with van der Waals surface area (Å²) in [7, 11) is 0. The Morgan fingerprint density at radius 2 is 1.90 bits per heavy atom. The fourth-order valence-corrected chi connectivity index (χ4v) is 5.35. The molecule has 208 valence electrons. The third-order valence-corrected chi connectivity index (χ3v) is 7.47. The van der Waals surface area contributed by atoms with Gasteiger partial charge >= 0.3 is 12.2 Å². The van der Waals surface area contributed by atoms with Crippen molar-refractivity contribution in [2.24, 2.45) is 10.8 Å². The number of nitrogens with zero attached hydrogens (tertiary/aromatic N) is 5. The fourth-order valence-electron chi connectivity index (χ4n) is 4.55. The molecule has 2 aromatic heterocycles. The Kier molecular flexibility index (Phi) is 8.27. The molecule has 40 heavy (non-hydrogen) atoms. The molecule has 0 saturated carbocycles. The Morgan fingerprint density at radius 1 is 1.12 bits per heavy atom. The first kappa shape index (κ1) is 27.5. The van der Waals surface area contributed by atoms with Crippen molar-refractivity contribution in [3.63, 3.8) is 0 Å². The van der Waals surface area contributed by atoms with Crippen LogP contribution in [0.5, 0.6) is 0 Å². The number of likely N-dealkylation sites (tertiary alicyclic amines) is 1. The van der Waals surface area contributed by atoms with Crippen molar-refractivity contribution in [2.75, 3.05) is 36.5 Å². The van der Waals surface area contributed by atoms with Crippen LogP contribution in [0.4, 0.5) is 29.5 Å². The lowest BCUT2D eigenvalue weighted by atomic mass is 10.1. The number of alkyl halides is 3. The Bertz CT molecular complexity index is 1500. The SMILES string of the molecule is NC(=O)N(/N=C/c1cccc(C(F)(F)F)c1)c1ccc(-c2nc(NCCCN3CCCC3)c3sccc3n2)cc1. The lowest BCUT2D eigenvalue weighted by Crippen LogP contribution is -2.31. The number of carbonyl (C=O) groups excluding carboxylic acids is 1. The summed E-state index contributed by atoms with van der Waals surface area (Å²) in [6, 6.07) is 12.5. The highest BCUT2D eigenvalue weighted by atomic mass is 32.1. The molecule has 8 nitrogen and oxygen atoms in total. The number of carbonyl (C=O) groups is 1. The number of rotatable bonds is 9. The summed E-state index contributed by atoms with van der Waals surface area (Å²) < 4.78 is 40.1. The number of nitrogens with two attached hydrogens (primary N) is 1. The molecule has 0 unspecified atom stereocenters. The van der Waals surface area contributed by atoms with Gasteiger partial charge in [0.1, 0.15) is 5.82 Å². The average molecular weight is 568 g/mol. The Morgan fingerprint density at radius 3 is 2.62 bits per heavy atom. The number of aromatic nitrogens is 2. The van der Waals surface area contributed by atoms with Gasteiger partial charge in [-0.1, -0.05) is 12.1 Å². The molecule has 1 saturated heterocycles. The minimum atomic E-state index is -4.49. The van der Waals surface area contributed by atoms with Crippen LogP contribution in [0.15, 0.2) is 65.1 Å². The first-order valence-corrected chi connectivity index (χ1v) is 13.8. The van der Waals surface area contributed by atoms with E-state index in [1.165, 1.54) is 38.1 Å². The zero-order chi connectivity index (χ0) is 28.1. The van der Waals surface area contributed by atoms with Gasteiger partial charge < -0.3 is 16.0 Å². The molecule has 0 aliphatic carbocycles. The predicted octanol–water partition coefficient (Wildman–Crippen LogP) is 6.19. The van der Waals surface area contributed by atoms with E-state index in [1.807, 2.05) is 11.4 Å². The van der Waals surface area contributed by atoms with E-state index in [1.54, 1.807) is 35.6 Å². The second-order valence-corrected chi connectivity index (χ2v) is 10.3. The van der Waals surface area contributed by atoms with E-state index in [-0.39, 0.29) is 5.56 Å². The molecule has 4 aromatic rings. The monoisotopic (exact) mass is 567 g/mol. The van der Waals surface area contributed by atoms with Crippen molar-refractivity contribution in [2.45, 2.75) is 25.4 Å². The van der Waals surface area contributed by atoms with Crippen LogP contribution in [0.3, 0.4) is 0 Å². The highest BCUT2D eigenvalue weighted by Crippen LogP contribution is 2.31. The zero-order valence-corrected chi connectivity index (χ0v) is 22.4. The molecule has 0 radical (unpaired) electrons. The van der Waals surface area contributed by atoms with Gasteiger partial charge in [-0.2, -0.15) is 23.3 Å². The third-order valence-electron chi connectivity index (χ3n) is 6.56. The molecule has 12 heteroatoms. The van der Waals surface area contributed by atoms with Crippen molar-refractivity contribution >= 4 is 45.3 Å². The van der Waals surface area contributed by atoms with Crippen LogP contribution in [-0.2, 0) is 6.18 Å². The topological polar surface area (TPSA) is 99.7 Å². The summed E-state index contributed by atoms with van der Waals surface area (Å²) in [5.74, 6) is 1.31. The van der Waals surface area contributed by atoms with E-state index in [2.05, 4.69) is 15.3 Å². The quantitative estimate of drug-likeness (QED) is 0.143. The molecule has 0 spiro atoms. The highest BCUT2D eigenvalue weighted by molar-refractivity contribution is 7.17. The van der Waals surface area contributed by atoms with Crippen LogP contribution in [-0.4, -0.2) is 53.3 Å². The van der Waals surface area contributed by atoms with E-state index in [0.29, 0.717) is 11.5 Å². The molecule has 0 bridgehead atoms. The van der Waals surface area contributed by atoms with Crippen molar-refractivity contribution in [3.8, 4) is 11.4 Å². The predicted molar refractivity (Wildman–Crippen MR) is 153 cm³/mol. The maximum atomic E-state index is 13.0. The van der Waals surface area contributed by atoms with Gasteiger partial charge in [-0.05, 0) is 92.3 Å². The number of benzene rings is 2. The van der Waals surface area contributed by atoms with Gasteiger partial charge in [0.05, 0.1) is 27.7 Å². The van der Waals surface area contributed by atoms with Gasteiger partial charge in [0.15, 0.2) is 5.82 Å². The molecule has 0 atom stereocenters. The second-order valence-electron chi connectivity index (χ2n) is 9.42. The summed E-state index contributed by atoms with van der Waals surface area (Å²) in [4.78, 5) is 24.0. The molecule has 5 rings (SSSR count). The molecular formula is C28H28F3N7OS. The summed E-state index contributed by atoms with van der Waals surface area (Å²) in [5, 5.41) is 10.4. The Labute approximate surface area is 233 Å². The number of hydrogen-bond donors (Lipinski definition) is 2. The van der Waals surface area contributed by atoms with Gasteiger partial charge in [-0.3, -0.25) is 0 Å².